The molecule has 1 N–H and O–H groups in total. The molecule has 2 aliphatic heterocycles. The van der Waals surface area contributed by atoms with Gasteiger partial charge in [-0.05, 0) is 32.2 Å². The molecule has 2 rings (SSSR count). The number of guanidine groups is 1. The zero-order valence-electron chi connectivity index (χ0n) is 16.5. The van der Waals surface area contributed by atoms with Crippen LogP contribution in [0.4, 0.5) is 13.2 Å². The molecule has 152 valence electrons. The van der Waals surface area contributed by atoms with Gasteiger partial charge < -0.3 is 10.2 Å². The van der Waals surface area contributed by atoms with Gasteiger partial charge in [0.15, 0.2) is 5.96 Å². The van der Waals surface area contributed by atoms with E-state index in [9.17, 15) is 13.2 Å². The molecule has 0 aliphatic carbocycles. The summed E-state index contributed by atoms with van der Waals surface area (Å²) >= 11 is 0. The van der Waals surface area contributed by atoms with Gasteiger partial charge in [0.05, 0.1) is 0 Å². The molecule has 0 aromatic carbocycles. The van der Waals surface area contributed by atoms with E-state index in [1.807, 2.05) is 0 Å². The first-order valence-corrected chi connectivity index (χ1v) is 9.72. The molecule has 2 fully saturated rings. The lowest BCUT2D eigenvalue weighted by molar-refractivity contribution is -0.181. The van der Waals surface area contributed by atoms with Crippen LogP contribution in [0.25, 0.3) is 0 Å². The Labute approximate surface area is 155 Å². The number of piperazine rings is 1. The Morgan fingerprint density at radius 3 is 2.31 bits per heavy atom. The van der Waals surface area contributed by atoms with Crippen molar-refractivity contribution in [3.05, 3.63) is 0 Å². The molecule has 26 heavy (non-hydrogen) atoms. The van der Waals surface area contributed by atoms with Crippen LogP contribution in [0.3, 0.4) is 0 Å². The molecule has 0 radical (unpaired) electrons. The summed E-state index contributed by atoms with van der Waals surface area (Å²) < 4.78 is 38.6. The number of rotatable bonds is 5. The van der Waals surface area contributed by atoms with Gasteiger partial charge in [0.1, 0.15) is 6.04 Å². The van der Waals surface area contributed by atoms with E-state index in [1.165, 1.54) is 24.7 Å². The van der Waals surface area contributed by atoms with Gasteiger partial charge >= 0.3 is 6.18 Å². The predicted molar refractivity (Wildman–Crippen MR) is 99.5 cm³/mol. The van der Waals surface area contributed by atoms with Crippen LogP contribution < -0.4 is 5.32 Å². The number of hydrogen-bond acceptors (Lipinski definition) is 3. The van der Waals surface area contributed by atoms with E-state index in [0.29, 0.717) is 38.1 Å². The summed E-state index contributed by atoms with van der Waals surface area (Å²) in [7, 11) is 1.74. The highest BCUT2D eigenvalue weighted by atomic mass is 19.4. The van der Waals surface area contributed by atoms with Crippen LogP contribution >= 0.6 is 0 Å². The Bertz CT molecular complexity index is 458. The Morgan fingerprint density at radius 1 is 1.12 bits per heavy atom. The van der Waals surface area contributed by atoms with Crippen molar-refractivity contribution in [2.75, 3.05) is 52.9 Å². The third kappa shape index (κ3) is 5.74. The Balaban J connectivity index is 1.81. The minimum atomic E-state index is -4.16. The molecule has 0 spiro atoms. The first kappa shape index (κ1) is 21.3. The molecule has 2 heterocycles. The highest BCUT2D eigenvalue weighted by molar-refractivity contribution is 5.80. The number of alkyl halides is 3. The van der Waals surface area contributed by atoms with Gasteiger partial charge in [0.25, 0.3) is 0 Å². The van der Waals surface area contributed by atoms with Crippen molar-refractivity contribution in [1.29, 1.82) is 0 Å². The normalized spacial score (nSPS) is 25.2. The van der Waals surface area contributed by atoms with E-state index in [-0.39, 0.29) is 0 Å². The molecule has 0 aromatic heterocycles. The summed E-state index contributed by atoms with van der Waals surface area (Å²) in [5.74, 6) is 1.46. The van der Waals surface area contributed by atoms with Crippen LogP contribution in [0.2, 0.25) is 0 Å². The van der Waals surface area contributed by atoms with Crippen LogP contribution in [0, 0.1) is 5.92 Å². The largest absolute Gasteiger partial charge is 0.403 e. The van der Waals surface area contributed by atoms with Crippen molar-refractivity contribution in [3.8, 4) is 0 Å². The van der Waals surface area contributed by atoms with Crippen LogP contribution in [-0.2, 0) is 0 Å². The van der Waals surface area contributed by atoms with E-state index in [1.54, 1.807) is 7.05 Å². The number of nitrogens with zero attached hydrogens (tertiary/aromatic N) is 4. The smallest absolute Gasteiger partial charge is 0.355 e. The van der Waals surface area contributed by atoms with Gasteiger partial charge in [-0.15, -0.1) is 0 Å². The lowest BCUT2D eigenvalue weighted by Crippen LogP contribution is -2.57. The average molecular weight is 377 g/mol. The third-order valence-electron chi connectivity index (χ3n) is 5.44. The fraction of sp³-hybridized carbons (Fsp3) is 0.944. The third-order valence-corrected chi connectivity index (χ3v) is 5.44. The summed E-state index contributed by atoms with van der Waals surface area (Å²) in [5, 5.41) is 3.45. The van der Waals surface area contributed by atoms with Crippen LogP contribution in [-0.4, -0.2) is 91.8 Å². The van der Waals surface area contributed by atoms with Crippen molar-refractivity contribution < 1.29 is 13.2 Å². The Hall–Kier alpha value is -1.02. The first-order chi connectivity index (χ1) is 12.2. The molecule has 2 aliphatic rings. The van der Waals surface area contributed by atoms with Gasteiger partial charge in [-0.25, -0.2) is 0 Å². The van der Waals surface area contributed by atoms with Crippen molar-refractivity contribution in [1.82, 2.24) is 20.0 Å². The molecular formula is C18H34F3N5. The maximum Gasteiger partial charge on any atom is 0.403 e. The minimum absolute atomic E-state index is 0.407. The Morgan fingerprint density at radius 2 is 1.77 bits per heavy atom. The summed E-state index contributed by atoms with van der Waals surface area (Å²) in [4.78, 5) is 10.5. The molecular weight excluding hydrogens is 343 g/mol. The second-order valence-electron chi connectivity index (χ2n) is 7.85. The molecule has 8 heteroatoms. The summed E-state index contributed by atoms with van der Waals surface area (Å²) in [6, 6.07) is -0.872. The second kappa shape index (κ2) is 9.26. The van der Waals surface area contributed by atoms with E-state index >= 15 is 0 Å². The number of nitrogens with one attached hydrogen (secondary N) is 1. The lowest BCUT2D eigenvalue weighted by atomic mass is 10.1. The topological polar surface area (TPSA) is 34.1 Å². The van der Waals surface area contributed by atoms with E-state index in [2.05, 4.69) is 34.0 Å². The SMILES string of the molecule is CN=C(NC[C@H]1CCCN1CC(C)C)N1CCN(C(C)C(F)(F)F)CC1. The predicted octanol–water partition coefficient (Wildman–Crippen LogP) is 2.25. The van der Waals surface area contributed by atoms with Crippen LogP contribution in [0.5, 0.6) is 0 Å². The highest BCUT2D eigenvalue weighted by Crippen LogP contribution is 2.25. The number of halogens is 3. The number of hydrogen-bond donors (Lipinski definition) is 1. The standard InChI is InChI=1S/C18H34F3N5/c1-14(2)13-26-7-5-6-16(26)12-23-17(22-4)25-10-8-24(9-11-25)15(3)18(19,20)21/h14-16H,5-13H2,1-4H3,(H,22,23)/t15?,16-/m1/s1. The molecule has 0 saturated carbocycles. The monoisotopic (exact) mass is 377 g/mol. The molecule has 2 saturated heterocycles. The molecule has 1 unspecified atom stereocenters. The molecule has 0 aromatic rings. The zero-order valence-corrected chi connectivity index (χ0v) is 16.5. The van der Waals surface area contributed by atoms with E-state index in [0.717, 1.165) is 25.6 Å². The quantitative estimate of drug-likeness (QED) is 0.589. The minimum Gasteiger partial charge on any atom is -0.355 e. The summed E-state index contributed by atoms with van der Waals surface area (Å²) in [5.41, 5.74) is 0. The highest BCUT2D eigenvalue weighted by Gasteiger charge is 2.41. The van der Waals surface area contributed by atoms with E-state index in [4.69, 9.17) is 0 Å². The van der Waals surface area contributed by atoms with Gasteiger partial charge in [-0.2, -0.15) is 13.2 Å². The van der Waals surface area contributed by atoms with Crippen molar-refractivity contribution >= 4 is 5.96 Å². The molecule has 2 atom stereocenters. The van der Waals surface area contributed by atoms with Crippen molar-refractivity contribution in [2.45, 2.75) is 51.9 Å². The lowest BCUT2D eigenvalue weighted by Gasteiger charge is -2.40. The molecule has 0 amide bonds. The zero-order chi connectivity index (χ0) is 19.3. The van der Waals surface area contributed by atoms with Crippen molar-refractivity contribution in [2.24, 2.45) is 10.9 Å². The average Bonchev–Trinajstić information content (AvgIpc) is 3.01. The molecule has 5 nitrogen and oxygen atoms in total. The van der Waals surface area contributed by atoms with Gasteiger partial charge in [0.2, 0.25) is 0 Å². The van der Waals surface area contributed by atoms with Crippen LogP contribution in [0.15, 0.2) is 4.99 Å². The first-order valence-electron chi connectivity index (χ1n) is 9.72. The molecule has 0 bridgehead atoms. The fourth-order valence-electron chi connectivity index (χ4n) is 3.91. The summed E-state index contributed by atoms with van der Waals surface area (Å²) in [6.07, 6.45) is -1.75. The maximum absolute atomic E-state index is 12.9. The second-order valence-corrected chi connectivity index (χ2v) is 7.85. The Kier molecular flexibility index (Phi) is 7.58. The van der Waals surface area contributed by atoms with Gasteiger partial charge in [-0.1, -0.05) is 13.8 Å². The maximum atomic E-state index is 12.9. The van der Waals surface area contributed by atoms with Gasteiger partial charge in [0, 0.05) is 52.4 Å². The van der Waals surface area contributed by atoms with Crippen molar-refractivity contribution in [3.63, 3.8) is 0 Å². The number of likely N-dealkylation sites (tertiary alicyclic amines) is 1. The fourth-order valence-corrected chi connectivity index (χ4v) is 3.91. The summed E-state index contributed by atoms with van der Waals surface area (Å²) in [6.45, 7) is 10.8. The van der Waals surface area contributed by atoms with Gasteiger partial charge in [-0.3, -0.25) is 14.8 Å². The number of aliphatic imine (C=N–C) groups is 1. The van der Waals surface area contributed by atoms with E-state index < -0.39 is 12.2 Å². The van der Waals surface area contributed by atoms with Crippen LogP contribution in [0.1, 0.15) is 33.6 Å².